The highest BCUT2D eigenvalue weighted by atomic mass is 19.1. The van der Waals surface area contributed by atoms with Crippen molar-refractivity contribution in [1.82, 2.24) is 14.9 Å². The van der Waals surface area contributed by atoms with Gasteiger partial charge in [-0.15, -0.1) is 0 Å². The molecular weight excluding hydrogens is 229 g/mol. The lowest BCUT2D eigenvalue weighted by atomic mass is 9.96. The Morgan fingerprint density at radius 1 is 1.41 bits per heavy atom. The molecule has 1 aliphatic heterocycles. The molecule has 2 rings (SSSR count). The molecule has 1 aromatic heterocycles. The molecule has 0 spiro atoms. The number of aromatic amines is 2. The van der Waals surface area contributed by atoms with E-state index in [0.29, 0.717) is 5.69 Å². The van der Waals surface area contributed by atoms with Gasteiger partial charge in [0.05, 0.1) is 0 Å². The van der Waals surface area contributed by atoms with E-state index in [1.54, 1.807) is 0 Å². The van der Waals surface area contributed by atoms with Crippen LogP contribution in [0, 0.1) is 0 Å². The molecule has 2 heterocycles. The molecule has 1 aliphatic rings. The highest BCUT2D eigenvalue weighted by Gasteiger charge is 2.33. The molecule has 0 atom stereocenters. The number of nitrogens with one attached hydrogen (secondary N) is 2. The van der Waals surface area contributed by atoms with Gasteiger partial charge in [0.15, 0.2) is 5.83 Å². The summed E-state index contributed by atoms with van der Waals surface area (Å²) >= 11 is 0. The molecule has 7 heteroatoms. The lowest BCUT2D eigenvalue weighted by molar-refractivity contribution is -0.133. The monoisotopic (exact) mass is 239 g/mol. The van der Waals surface area contributed by atoms with Gasteiger partial charge in [-0.25, -0.2) is 9.18 Å². The number of halogens is 1. The standard InChI is InChI=1S/C10H10FN3O3/c1-5(11)9(16)14-3-6(4-14)7-2-8(15)13-10(17)12-7/h2,6H,1,3-4H2,(H2,12,13,15,17). The molecule has 1 saturated heterocycles. The number of rotatable bonds is 2. The normalized spacial score (nSPS) is 15.5. The molecule has 2 N–H and O–H groups in total. The molecule has 90 valence electrons. The summed E-state index contributed by atoms with van der Waals surface area (Å²) < 4.78 is 12.5. The predicted octanol–water partition coefficient (Wildman–Crippen LogP) is -0.528. The van der Waals surface area contributed by atoms with Crippen LogP contribution in [0.25, 0.3) is 0 Å². The molecular formula is C10H10FN3O3. The van der Waals surface area contributed by atoms with Crippen molar-refractivity contribution in [2.75, 3.05) is 13.1 Å². The number of carbonyl (C=O) groups is 1. The number of hydrogen-bond acceptors (Lipinski definition) is 3. The van der Waals surface area contributed by atoms with Crippen LogP contribution in [0.4, 0.5) is 4.39 Å². The van der Waals surface area contributed by atoms with E-state index in [9.17, 15) is 18.8 Å². The SMILES string of the molecule is C=C(F)C(=O)N1CC(c2cc(=O)[nH]c(=O)[nH]2)C1. The Balaban J connectivity index is 2.09. The minimum Gasteiger partial charge on any atom is -0.335 e. The summed E-state index contributed by atoms with van der Waals surface area (Å²) in [7, 11) is 0. The Hall–Kier alpha value is -2.18. The Morgan fingerprint density at radius 3 is 2.59 bits per heavy atom. The van der Waals surface area contributed by atoms with Gasteiger partial charge in [0.1, 0.15) is 0 Å². The zero-order valence-corrected chi connectivity index (χ0v) is 8.83. The van der Waals surface area contributed by atoms with Crippen molar-refractivity contribution in [2.45, 2.75) is 5.92 Å². The fourth-order valence-corrected chi connectivity index (χ4v) is 1.72. The molecule has 0 saturated carbocycles. The van der Waals surface area contributed by atoms with E-state index in [1.807, 2.05) is 4.98 Å². The van der Waals surface area contributed by atoms with E-state index < -0.39 is 23.0 Å². The largest absolute Gasteiger partial charge is 0.335 e. The molecule has 17 heavy (non-hydrogen) atoms. The summed E-state index contributed by atoms with van der Waals surface area (Å²) in [6, 6.07) is 1.26. The third kappa shape index (κ3) is 2.17. The average molecular weight is 239 g/mol. The van der Waals surface area contributed by atoms with Crippen LogP contribution in [0.1, 0.15) is 11.6 Å². The van der Waals surface area contributed by atoms with Crippen molar-refractivity contribution in [2.24, 2.45) is 0 Å². The molecule has 6 nitrogen and oxygen atoms in total. The van der Waals surface area contributed by atoms with Crippen LogP contribution >= 0.6 is 0 Å². The second-order valence-corrected chi connectivity index (χ2v) is 3.86. The fraction of sp³-hybridized carbons (Fsp3) is 0.300. The van der Waals surface area contributed by atoms with E-state index in [2.05, 4.69) is 11.6 Å². The van der Waals surface area contributed by atoms with Crippen molar-refractivity contribution >= 4 is 5.91 Å². The van der Waals surface area contributed by atoms with Crippen LogP contribution in [-0.4, -0.2) is 33.9 Å². The lowest BCUT2D eigenvalue weighted by Crippen LogP contribution is -2.49. The van der Waals surface area contributed by atoms with Gasteiger partial charge in [-0.3, -0.25) is 14.6 Å². The van der Waals surface area contributed by atoms with Gasteiger partial charge in [-0.05, 0) is 0 Å². The molecule has 0 aromatic carbocycles. The first-order valence-electron chi connectivity index (χ1n) is 4.94. The molecule has 1 amide bonds. The maximum atomic E-state index is 12.5. The second kappa shape index (κ2) is 4.00. The van der Waals surface area contributed by atoms with Crippen LogP contribution in [0.2, 0.25) is 0 Å². The molecule has 1 fully saturated rings. The minimum absolute atomic E-state index is 0.145. The van der Waals surface area contributed by atoms with Gasteiger partial charge >= 0.3 is 5.69 Å². The van der Waals surface area contributed by atoms with Crippen molar-refractivity contribution in [3.05, 3.63) is 45.0 Å². The number of likely N-dealkylation sites (tertiary alicyclic amines) is 1. The molecule has 0 aliphatic carbocycles. The topological polar surface area (TPSA) is 86.0 Å². The average Bonchev–Trinajstić information content (AvgIpc) is 2.13. The molecule has 0 unspecified atom stereocenters. The van der Waals surface area contributed by atoms with Crippen LogP contribution in [0.3, 0.4) is 0 Å². The predicted molar refractivity (Wildman–Crippen MR) is 57.3 cm³/mol. The summed E-state index contributed by atoms with van der Waals surface area (Å²) in [6.07, 6.45) is 0. The highest BCUT2D eigenvalue weighted by Crippen LogP contribution is 2.25. The van der Waals surface area contributed by atoms with Crippen LogP contribution in [0.15, 0.2) is 28.1 Å². The number of hydrogen-bond donors (Lipinski definition) is 2. The zero-order valence-electron chi connectivity index (χ0n) is 8.83. The maximum absolute atomic E-state index is 12.5. The van der Waals surface area contributed by atoms with E-state index in [-0.39, 0.29) is 19.0 Å². The van der Waals surface area contributed by atoms with E-state index >= 15 is 0 Å². The van der Waals surface area contributed by atoms with E-state index in [4.69, 9.17) is 0 Å². The Labute approximate surface area is 94.8 Å². The van der Waals surface area contributed by atoms with Crippen LogP contribution in [0.5, 0.6) is 0 Å². The van der Waals surface area contributed by atoms with Crippen molar-refractivity contribution in [1.29, 1.82) is 0 Å². The van der Waals surface area contributed by atoms with Crippen LogP contribution in [-0.2, 0) is 4.79 Å². The lowest BCUT2D eigenvalue weighted by Gasteiger charge is -2.38. The number of amides is 1. The second-order valence-electron chi connectivity index (χ2n) is 3.86. The Kier molecular flexibility index (Phi) is 2.66. The van der Waals surface area contributed by atoms with Crippen molar-refractivity contribution in [3.63, 3.8) is 0 Å². The maximum Gasteiger partial charge on any atom is 0.325 e. The molecule has 0 radical (unpaired) electrons. The molecule has 0 bridgehead atoms. The van der Waals surface area contributed by atoms with Crippen molar-refractivity contribution < 1.29 is 9.18 Å². The van der Waals surface area contributed by atoms with Gasteiger partial charge < -0.3 is 9.88 Å². The first kappa shape index (κ1) is 11.3. The van der Waals surface area contributed by atoms with Gasteiger partial charge in [-0.2, -0.15) is 0 Å². The Bertz CT molecular complexity index is 555. The Morgan fingerprint density at radius 2 is 2.06 bits per heavy atom. The number of carbonyl (C=O) groups excluding carboxylic acids is 1. The third-order valence-corrected chi connectivity index (χ3v) is 2.62. The first-order valence-corrected chi connectivity index (χ1v) is 4.94. The quantitative estimate of drug-likeness (QED) is 0.680. The summed E-state index contributed by atoms with van der Waals surface area (Å²) in [6.45, 7) is 3.44. The molecule has 1 aromatic rings. The number of nitrogens with zero attached hydrogens (tertiary/aromatic N) is 1. The van der Waals surface area contributed by atoms with E-state index in [1.165, 1.54) is 11.0 Å². The number of aromatic nitrogens is 2. The number of H-pyrrole nitrogens is 2. The van der Waals surface area contributed by atoms with Crippen molar-refractivity contribution in [3.8, 4) is 0 Å². The fourth-order valence-electron chi connectivity index (χ4n) is 1.72. The van der Waals surface area contributed by atoms with Gasteiger partial charge in [0, 0.05) is 30.8 Å². The summed E-state index contributed by atoms with van der Waals surface area (Å²) in [4.78, 5) is 39.0. The van der Waals surface area contributed by atoms with Gasteiger partial charge in [0.2, 0.25) is 0 Å². The van der Waals surface area contributed by atoms with Gasteiger partial charge in [0.25, 0.3) is 11.5 Å². The third-order valence-electron chi connectivity index (χ3n) is 2.62. The highest BCUT2D eigenvalue weighted by molar-refractivity contribution is 5.91. The first-order chi connectivity index (χ1) is 7.97. The zero-order chi connectivity index (χ0) is 12.6. The smallest absolute Gasteiger partial charge is 0.325 e. The minimum atomic E-state index is -1.01. The van der Waals surface area contributed by atoms with E-state index in [0.717, 1.165) is 0 Å². The summed E-state index contributed by atoms with van der Waals surface area (Å²) in [5, 5.41) is 0. The van der Waals surface area contributed by atoms with Gasteiger partial charge in [-0.1, -0.05) is 6.58 Å². The summed E-state index contributed by atoms with van der Waals surface area (Å²) in [5.74, 6) is -1.91. The summed E-state index contributed by atoms with van der Waals surface area (Å²) in [5.41, 5.74) is -0.636. The van der Waals surface area contributed by atoms with Crippen LogP contribution < -0.4 is 11.2 Å².